The third kappa shape index (κ3) is 4.20. The lowest BCUT2D eigenvalue weighted by Gasteiger charge is -2.29. The maximum atomic E-state index is 12.6. The van der Waals surface area contributed by atoms with Crippen molar-refractivity contribution in [2.75, 3.05) is 25.0 Å². The molecule has 0 saturated heterocycles. The van der Waals surface area contributed by atoms with Crippen LogP contribution < -0.4 is 5.32 Å². The molecule has 0 atom stereocenters. The fraction of sp³-hybridized carbons (Fsp3) is 0.600. The minimum absolute atomic E-state index is 0.0326. The second kappa shape index (κ2) is 8.53. The molecule has 1 aromatic rings. The van der Waals surface area contributed by atoms with Crippen molar-refractivity contribution in [3.8, 4) is 0 Å². The number of hydrogen-bond acceptors (Lipinski definition) is 4. The van der Waals surface area contributed by atoms with E-state index in [0.29, 0.717) is 18.1 Å². The average molecular weight is 279 g/mol. The van der Waals surface area contributed by atoms with Crippen molar-refractivity contribution >= 4 is 11.7 Å². The summed E-state index contributed by atoms with van der Waals surface area (Å²) < 4.78 is 0. The number of carbonyl (C=O) groups is 1. The normalized spacial score (nSPS) is 10.7. The summed E-state index contributed by atoms with van der Waals surface area (Å²) in [7, 11) is 0. The largest absolute Gasteiger partial charge is 0.395 e. The lowest BCUT2D eigenvalue weighted by molar-refractivity contribution is 0.0616. The second-order valence-corrected chi connectivity index (χ2v) is 4.63. The Bertz CT molecular complexity index is 419. The lowest BCUT2D eigenvalue weighted by atomic mass is 10.1. The third-order valence-electron chi connectivity index (χ3n) is 3.31. The van der Waals surface area contributed by atoms with Gasteiger partial charge in [-0.3, -0.25) is 4.79 Å². The zero-order valence-electron chi connectivity index (χ0n) is 12.6. The predicted octanol–water partition coefficient (Wildman–Crippen LogP) is 2.14. The van der Waals surface area contributed by atoms with Crippen LogP contribution in [0.25, 0.3) is 0 Å². The number of amides is 1. The van der Waals surface area contributed by atoms with Gasteiger partial charge in [0, 0.05) is 19.1 Å². The molecule has 0 aliphatic heterocycles. The summed E-state index contributed by atoms with van der Waals surface area (Å²) in [5.41, 5.74) is 0.420. The number of nitrogens with zero attached hydrogens (tertiary/aromatic N) is 2. The Morgan fingerprint density at radius 3 is 2.60 bits per heavy atom. The van der Waals surface area contributed by atoms with E-state index in [2.05, 4.69) is 10.3 Å². The molecule has 1 rings (SSSR count). The summed E-state index contributed by atoms with van der Waals surface area (Å²) in [5.74, 6) is 0.583. The Hall–Kier alpha value is -1.62. The van der Waals surface area contributed by atoms with Gasteiger partial charge in [0.1, 0.15) is 11.5 Å². The molecule has 1 aromatic heterocycles. The van der Waals surface area contributed by atoms with Crippen LogP contribution in [-0.4, -0.2) is 46.6 Å². The molecule has 0 spiro atoms. The molecule has 0 aromatic carbocycles. The van der Waals surface area contributed by atoms with Crippen LogP contribution in [-0.2, 0) is 0 Å². The van der Waals surface area contributed by atoms with Crippen LogP contribution in [0.3, 0.4) is 0 Å². The summed E-state index contributed by atoms with van der Waals surface area (Å²) >= 11 is 0. The van der Waals surface area contributed by atoms with Crippen molar-refractivity contribution in [3.05, 3.63) is 23.9 Å². The van der Waals surface area contributed by atoms with Crippen molar-refractivity contribution in [1.29, 1.82) is 0 Å². The molecule has 5 nitrogen and oxygen atoms in total. The van der Waals surface area contributed by atoms with Crippen LogP contribution >= 0.6 is 0 Å². The van der Waals surface area contributed by atoms with Gasteiger partial charge in [-0.15, -0.1) is 0 Å². The first-order chi connectivity index (χ1) is 9.67. The van der Waals surface area contributed by atoms with Gasteiger partial charge in [-0.2, -0.15) is 0 Å². The molecule has 0 bridgehead atoms. The van der Waals surface area contributed by atoms with Crippen LogP contribution in [0.5, 0.6) is 0 Å². The molecule has 0 saturated carbocycles. The molecule has 112 valence electrons. The van der Waals surface area contributed by atoms with Gasteiger partial charge < -0.3 is 15.3 Å². The first-order valence-electron chi connectivity index (χ1n) is 7.30. The summed E-state index contributed by atoms with van der Waals surface area (Å²) in [4.78, 5) is 18.6. The predicted molar refractivity (Wildman–Crippen MR) is 80.9 cm³/mol. The zero-order chi connectivity index (χ0) is 15.0. The first kappa shape index (κ1) is 16.4. The maximum absolute atomic E-state index is 12.6. The van der Waals surface area contributed by atoms with E-state index in [4.69, 9.17) is 0 Å². The number of hydrogen-bond donors (Lipinski definition) is 2. The molecule has 1 heterocycles. The van der Waals surface area contributed by atoms with E-state index in [1.165, 1.54) is 0 Å². The monoisotopic (exact) mass is 279 g/mol. The van der Waals surface area contributed by atoms with Gasteiger partial charge in [0.2, 0.25) is 0 Å². The SMILES string of the molecule is CCNc1cccc(C(=O)N(CCO)C(CC)CC)n1. The zero-order valence-corrected chi connectivity index (χ0v) is 12.6. The third-order valence-corrected chi connectivity index (χ3v) is 3.31. The average Bonchev–Trinajstić information content (AvgIpc) is 2.47. The molecule has 0 fully saturated rings. The van der Waals surface area contributed by atoms with Crippen LogP contribution in [0, 0.1) is 0 Å². The minimum atomic E-state index is -0.118. The topological polar surface area (TPSA) is 65.5 Å². The van der Waals surface area contributed by atoms with E-state index in [0.717, 1.165) is 19.4 Å². The molecule has 0 aliphatic rings. The Morgan fingerprint density at radius 2 is 2.05 bits per heavy atom. The number of carbonyl (C=O) groups excluding carboxylic acids is 1. The molecule has 0 aliphatic carbocycles. The van der Waals surface area contributed by atoms with E-state index in [1.807, 2.05) is 32.9 Å². The Kier molecular flexibility index (Phi) is 7.01. The van der Waals surface area contributed by atoms with Crippen molar-refractivity contribution in [2.24, 2.45) is 0 Å². The fourth-order valence-electron chi connectivity index (χ4n) is 2.27. The molecule has 5 heteroatoms. The van der Waals surface area contributed by atoms with E-state index in [-0.39, 0.29) is 18.6 Å². The highest BCUT2D eigenvalue weighted by Crippen LogP contribution is 2.14. The highest BCUT2D eigenvalue weighted by molar-refractivity contribution is 5.92. The Labute approximate surface area is 121 Å². The highest BCUT2D eigenvalue weighted by atomic mass is 16.3. The van der Waals surface area contributed by atoms with E-state index in [1.54, 1.807) is 11.0 Å². The van der Waals surface area contributed by atoms with E-state index in [9.17, 15) is 9.90 Å². The summed E-state index contributed by atoms with van der Waals surface area (Å²) in [5, 5.41) is 12.3. The van der Waals surface area contributed by atoms with E-state index >= 15 is 0 Å². The summed E-state index contributed by atoms with van der Waals surface area (Å²) in [6, 6.07) is 5.52. The number of rotatable bonds is 8. The van der Waals surface area contributed by atoms with Gasteiger partial charge in [0.25, 0.3) is 5.91 Å². The minimum Gasteiger partial charge on any atom is -0.395 e. The smallest absolute Gasteiger partial charge is 0.272 e. The molecule has 0 radical (unpaired) electrons. The molecular formula is C15H25N3O2. The van der Waals surface area contributed by atoms with Crippen molar-refractivity contribution in [1.82, 2.24) is 9.88 Å². The van der Waals surface area contributed by atoms with Crippen LogP contribution in [0.4, 0.5) is 5.82 Å². The number of nitrogens with one attached hydrogen (secondary N) is 1. The summed E-state index contributed by atoms with van der Waals surface area (Å²) in [6.45, 7) is 7.16. The molecular weight excluding hydrogens is 254 g/mol. The van der Waals surface area contributed by atoms with Crippen molar-refractivity contribution in [3.63, 3.8) is 0 Å². The quantitative estimate of drug-likeness (QED) is 0.765. The van der Waals surface area contributed by atoms with Gasteiger partial charge in [-0.1, -0.05) is 19.9 Å². The molecule has 1 amide bonds. The fourth-order valence-corrected chi connectivity index (χ4v) is 2.27. The number of aliphatic hydroxyl groups is 1. The van der Waals surface area contributed by atoms with Crippen LogP contribution in [0.2, 0.25) is 0 Å². The Morgan fingerprint density at radius 1 is 1.35 bits per heavy atom. The number of anilines is 1. The van der Waals surface area contributed by atoms with Crippen molar-refractivity contribution < 1.29 is 9.90 Å². The number of pyridine rings is 1. The lowest BCUT2D eigenvalue weighted by Crippen LogP contribution is -2.42. The van der Waals surface area contributed by atoms with Crippen LogP contribution in [0.15, 0.2) is 18.2 Å². The Balaban J connectivity index is 2.96. The van der Waals surface area contributed by atoms with E-state index < -0.39 is 0 Å². The number of aliphatic hydroxyl groups excluding tert-OH is 1. The van der Waals surface area contributed by atoms with Gasteiger partial charge in [0.15, 0.2) is 0 Å². The molecule has 20 heavy (non-hydrogen) atoms. The summed E-state index contributed by atoms with van der Waals surface area (Å²) in [6.07, 6.45) is 1.74. The van der Waals surface area contributed by atoms with Gasteiger partial charge >= 0.3 is 0 Å². The standard InChI is InChI=1S/C15H25N3O2/c1-4-12(5-2)18(10-11-19)15(20)13-8-7-9-14(17-13)16-6-3/h7-9,12,19H,4-6,10-11H2,1-3H3,(H,16,17). The second-order valence-electron chi connectivity index (χ2n) is 4.63. The first-order valence-corrected chi connectivity index (χ1v) is 7.30. The van der Waals surface area contributed by atoms with Crippen LogP contribution in [0.1, 0.15) is 44.1 Å². The van der Waals surface area contributed by atoms with Gasteiger partial charge in [-0.25, -0.2) is 4.98 Å². The number of aromatic nitrogens is 1. The van der Waals surface area contributed by atoms with Gasteiger partial charge in [-0.05, 0) is 31.9 Å². The van der Waals surface area contributed by atoms with Gasteiger partial charge in [0.05, 0.1) is 6.61 Å². The maximum Gasteiger partial charge on any atom is 0.272 e. The molecule has 0 unspecified atom stereocenters. The van der Waals surface area contributed by atoms with Crippen molar-refractivity contribution in [2.45, 2.75) is 39.7 Å². The highest BCUT2D eigenvalue weighted by Gasteiger charge is 2.22. The molecule has 2 N–H and O–H groups in total.